The Morgan fingerprint density at radius 2 is 1.54 bits per heavy atom. The molecular formula is C21H17N5O2. The highest BCUT2D eigenvalue weighted by Crippen LogP contribution is 2.34. The summed E-state index contributed by atoms with van der Waals surface area (Å²) in [6.45, 7) is 0. The Balaban J connectivity index is 1.62. The van der Waals surface area contributed by atoms with E-state index in [9.17, 15) is 9.59 Å². The number of nitrogens with zero attached hydrogens (tertiary/aromatic N) is 4. The summed E-state index contributed by atoms with van der Waals surface area (Å²) in [4.78, 5) is 29.8. The lowest BCUT2D eigenvalue weighted by Crippen LogP contribution is -2.29. The molecule has 7 heteroatoms. The molecular weight excluding hydrogens is 354 g/mol. The summed E-state index contributed by atoms with van der Waals surface area (Å²) in [7, 11) is 0. The van der Waals surface area contributed by atoms with Crippen LogP contribution in [0.5, 0.6) is 0 Å². The molecule has 0 radical (unpaired) electrons. The fourth-order valence-corrected chi connectivity index (χ4v) is 3.55. The van der Waals surface area contributed by atoms with E-state index in [4.69, 9.17) is 0 Å². The van der Waals surface area contributed by atoms with Gasteiger partial charge in [0, 0.05) is 18.5 Å². The summed E-state index contributed by atoms with van der Waals surface area (Å²) in [5.74, 6) is 0.0947. The largest absolute Gasteiger partial charge is 0.324 e. The van der Waals surface area contributed by atoms with Crippen molar-refractivity contribution in [1.82, 2.24) is 14.8 Å². The van der Waals surface area contributed by atoms with Crippen LogP contribution in [0.15, 0.2) is 66.7 Å². The Kier molecular flexibility index (Phi) is 3.79. The van der Waals surface area contributed by atoms with E-state index in [0.717, 1.165) is 21.7 Å². The van der Waals surface area contributed by atoms with Crippen LogP contribution >= 0.6 is 0 Å². The number of nitrogens with one attached hydrogen (secondary N) is 1. The van der Waals surface area contributed by atoms with Gasteiger partial charge in [0.25, 0.3) is 5.95 Å². The van der Waals surface area contributed by atoms with Crippen molar-refractivity contribution in [3.63, 3.8) is 0 Å². The molecule has 2 aliphatic rings. The van der Waals surface area contributed by atoms with Gasteiger partial charge in [0.05, 0.1) is 0 Å². The number of rotatable bonds is 3. The van der Waals surface area contributed by atoms with E-state index in [1.165, 1.54) is 0 Å². The molecule has 1 aromatic heterocycles. The average molecular weight is 371 g/mol. The average Bonchev–Trinajstić information content (AvgIpc) is 3.30. The zero-order valence-electron chi connectivity index (χ0n) is 14.9. The molecule has 2 aliphatic heterocycles. The van der Waals surface area contributed by atoms with Crippen LogP contribution in [0.4, 0.5) is 11.9 Å². The van der Waals surface area contributed by atoms with Crippen LogP contribution in [-0.2, 0) is 9.59 Å². The number of fused-ring (bicyclic) bond motifs is 1. The van der Waals surface area contributed by atoms with Crippen LogP contribution in [0, 0.1) is 0 Å². The van der Waals surface area contributed by atoms with Gasteiger partial charge >= 0.3 is 0 Å². The van der Waals surface area contributed by atoms with Gasteiger partial charge in [-0.2, -0.15) is 4.98 Å². The molecule has 0 spiro atoms. The Bertz CT molecular complexity index is 1070. The fraction of sp³-hybridized carbons (Fsp3) is 0.143. The highest BCUT2D eigenvalue weighted by molar-refractivity contribution is 6.18. The van der Waals surface area contributed by atoms with Crippen LogP contribution in [0.25, 0.3) is 5.70 Å². The second-order valence-corrected chi connectivity index (χ2v) is 6.73. The normalized spacial score (nSPS) is 18.6. The third kappa shape index (κ3) is 2.68. The van der Waals surface area contributed by atoms with Crippen LogP contribution in [0.1, 0.15) is 30.0 Å². The zero-order chi connectivity index (χ0) is 19.1. The standard InChI is InChI=1S/C21H17N5O2/c27-18-11-12-19(28)25(18)21-23-20-22-16(14-7-3-1-4-8-14)13-17(26(20)24-21)15-9-5-2-6-10-15/h1-10,13,17H,11-12H2,(H,22,23,24). The number of amides is 2. The molecule has 1 N–H and O–H groups in total. The number of anilines is 2. The highest BCUT2D eigenvalue weighted by Gasteiger charge is 2.35. The van der Waals surface area contributed by atoms with Crippen LogP contribution in [0.2, 0.25) is 0 Å². The van der Waals surface area contributed by atoms with Gasteiger partial charge in [0.2, 0.25) is 17.8 Å². The molecule has 28 heavy (non-hydrogen) atoms. The first-order chi connectivity index (χ1) is 13.7. The zero-order valence-corrected chi connectivity index (χ0v) is 14.9. The van der Waals surface area contributed by atoms with E-state index in [2.05, 4.69) is 21.5 Å². The Morgan fingerprint density at radius 1 is 0.893 bits per heavy atom. The molecule has 1 atom stereocenters. The minimum absolute atomic E-state index is 0.124. The smallest absolute Gasteiger partial charge is 0.260 e. The first-order valence-electron chi connectivity index (χ1n) is 9.12. The number of aromatic nitrogens is 3. The van der Waals surface area contributed by atoms with Gasteiger partial charge in [-0.15, -0.1) is 5.10 Å². The van der Waals surface area contributed by atoms with Gasteiger partial charge in [0.1, 0.15) is 6.04 Å². The Labute approximate surface area is 161 Å². The van der Waals surface area contributed by atoms with E-state index in [-0.39, 0.29) is 36.6 Å². The van der Waals surface area contributed by atoms with Crippen molar-refractivity contribution in [2.24, 2.45) is 0 Å². The predicted molar refractivity (Wildman–Crippen MR) is 104 cm³/mol. The lowest BCUT2D eigenvalue weighted by atomic mass is 10.0. The molecule has 3 aromatic rings. The summed E-state index contributed by atoms with van der Waals surface area (Å²) in [5, 5.41) is 7.79. The van der Waals surface area contributed by atoms with Crippen LogP contribution in [-0.4, -0.2) is 26.6 Å². The van der Waals surface area contributed by atoms with E-state index in [1.807, 2.05) is 60.7 Å². The summed E-state index contributed by atoms with van der Waals surface area (Å²) < 4.78 is 1.72. The summed E-state index contributed by atoms with van der Waals surface area (Å²) >= 11 is 0. The van der Waals surface area contributed by atoms with Crippen LogP contribution < -0.4 is 10.2 Å². The van der Waals surface area contributed by atoms with Crippen molar-refractivity contribution >= 4 is 29.4 Å². The summed E-state index contributed by atoms with van der Waals surface area (Å²) in [5.41, 5.74) is 2.96. The second-order valence-electron chi connectivity index (χ2n) is 6.73. The number of carbonyl (C=O) groups excluding carboxylic acids is 2. The van der Waals surface area contributed by atoms with Crippen molar-refractivity contribution in [3.8, 4) is 0 Å². The molecule has 1 saturated heterocycles. The second kappa shape index (κ2) is 6.45. The minimum atomic E-state index is -0.263. The van der Waals surface area contributed by atoms with E-state index >= 15 is 0 Å². The number of allylic oxidation sites excluding steroid dienone is 1. The van der Waals surface area contributed by atoms with Gasteiger partial charge in [0.15, 0.2) is 0 Å². The third-order valence-electron chi connectivity index (χ3n) is 4.93. The molecule has 0 saturated carbocycles. The molecule has 1 unspecified atom stereocenters. The number of hydrogen-bond acceptors (Lipinski definition) is 5. The predicted octanol–water partition coefficient (Wildman–Crippen LogP) is 2.99. The minimum Gasteiger partial charge on any atom is -0.324 e. The summed E-state index contributed by atoms with van der Waals surface area (Å²) in [6.07, 6.45) is 2.47. The molecule has 1 fully saturated rings. The number of carbonyl (C=O) groups is 2. The first kappa shape index (κ1) is 16.4. The molecule has 3 heterocycles. The molecule has 5 rings (SSSR count). The molecule has 138 valence electrons. The molecule has 0 aliphatic carbocycles. The summed E-state index contributed by atoms with van der Waals surface area (Å²) in [6, 6.07) is 19.7. The van der Waals surface area contributed by atoms with Gasteiger partial charge in [-0.1, -0.05) is 60.7 Å². The van der Waals surface area contributed by atoms with E-state index in [0.29, 0.717) is 5.95 Å². The number of imide groups is 1. The van der Waals surface area contributed by atoms with E-state index < -0.39 is 0 Å². The topological polar surface area (TPSA) is 80.1 Å². The van der Waals surface area contributed by atoms with Gasteiger partial charge in [-0.05, 0) is 17.2 Å². The van der Waals surface area contributed by atoms with Gasteiger partial charge in [-0.25, -0.2) is 9.58 Å². The van der Waals surface area contributed by atoms with Crippen molar-refractivity contribution in [3.05, 3.63) is 77.9 Å². The van der Waals surface area contributed by atoms with Gasteiger partial charge in [-0.3, -0.25) is 9.59 Å². The third-order valence-corrected chi connectivity index (χ3v) is 4.93. The number of benzene rings is 2. The first-order valence-corrected chi connectivity index (χ1v) is 9.12. The SMILES string of the molecule is O=C1CCC(=O)N1c1nc2n(n1)C(c1ccccc1)C=C(c1ccccc1)N2. The lowest BCUT2D eigenvalue weighted by Gasteiger charge is -2.24. The maximum absolute atomic E-state index is 12.1. The fourth-order valence-electron chi connectivity index (χ4n) is 3.55. The molecule has 2 aromatic carbocycles. The molecule has 2 amide bonds. The monoisotopic (exact) mass is 371 g/mol. The lowest BCUT2D eigenvalue weighted by molar-refractivity contribution is -0.121. The van der Waals surface area contributed by atoms with Crippen molar-refractivity contribution in [2.75, 3.05) is 10.2 Å². The molecule has 0 bridgehead atoms. The van der Waals surface area contributed by atoms with Gasteiger partial charge < -0.3 is 5.32 Å². The quantitative estimate of drug-likeness (QED) is 0.716. The van der Waals surface area contributed by atoms with Crippen LogP contribution in [0.3, 0.4) is 0 Å². The van der Waals surface area contributed by atoms with Crippen molar-refractivity contribution in [2.45, 2.75) is 18.9 Å². The van der Waals surface area contributed by atoms with Crippen molar-refractivity contribution in [1.29, 1.82) is 0 Å². The Hall–Kier alpha value is -3.74. The van der Waals surface area contributed by atoms with Crippen molar-refractivity contribution < 1.29 is 9.59 Å². The molecule has 7 nitrogen and oxygen atoms in total. The Morgan fingerprint density at radius 3 is 2.21 bits per heavy atom. The maximum atomic E-state index is 12.1. The number of hydrogen-bond donors (Lipinski definition) is 1. The van der Waals surface area contributed by atoms with E-state index in [1.54, 1.807) is 4.68 Å². The maximum Gasteiger partial charge on any atom is 0.260 e. The highest BCUT2D eigenvalue weighted by atomic mass is 16.2.